The molecule has 6 heteroatoms. The van der Waals surface area contributed by atoms with Gasteiger partial charge in [0.15, 0.2) is 0 Å². The number of carbonyl (C=O) groups is 1. The molecule has 0 aliphatic rings. The number of rotatable bonds is 10. The summed E-state index contributed by atoms with van der Waals surface area (Å²) in [4.78, 5) is 26.1. The first-order valence-corrected chi connectivity index (χ1v) is 14.5. The van der Waals surface area contributed by atoms with Crippen molar-refractivity contribution in [2.45, 2.75) is 59.0 Å². The average molecular weight is 565 g/mol. The molecule has 0 radical (unpaired) electrons. The fourth-order valence-corrected chi connectivity index (χ4v) is 4.66. The first kappa shape index (κ1) is 29.8. The Hall–Kier alpha value is -4.14. The van der Waals surface area contributed by atoms with Crippen LogP contribution in [-0.4, -0.2) is 22.4 Å². The molecular weight excluding hydrogens is 528 g/mol. The largest absolute Gasteiger partial charge is 0.350 e. The average Bonchev–Trinajstić information content (AvgIpc) is 2.99. The summed E-state index contributed by atoms with van der Waals surface area (Å²) in [5, 5.41) is 3.83. The Morgan fingerprint density at radius 2 is 1.59 bits per heavy atom. The SMILES string of the molecule is CCCCN(c1nc(C(C)C)nc(C)c1C#Cc1ccccc1)C(C(=O)NCc1ccc(Cl)cc1)c1ccccc1. The smallest absolute Gasteiger partial charge is 0.247 e. The highest BCUT2D eigenvalue weighted by Gasteiger charge is 2.31. The molecule has 1 N–H and O–H groups in total. The van der Waals surface area contributed by atoms with Gasteiger partial charge in [-0.05, 0) is 48.7 Å². The first-order chi connectivity index (χ1) is 19.9. The molecule has 1 aromatic heterocycles. The Kier molecular flexibility index (Phi) is 10.5. The van der Waals surface area contributed by atoms with Gasteiger partial charge in [0, 0.05) is 29.6 Å². The summed E-state index contributed by atoms with van der Waals surface area (Å²) in [5.41, 5.74) is 4.31. The Morgan fingerprint density at radius 1 is 0.927 bits per heavy atom. The maximum Gasteiger partial charge on any atom is 0.247 e. The minimum absolute atomic E-state index is 0.105. The molecule has 1 heterocycles. The van der Waals surface area contributed by atoms with Crippen LogP contribution in [0.2, 0.25) is 5.02 Å². The Morgan fingerprint density at radius 3 is 2.22 bits per heavy atom. The topological polar surface area (TPSA) is 58.1 Å². The predicted octanol–water partition coefficient (Wildman–Crippen LogP) is 7.63. The molecule has 41 heavy (non-hydrogen) atoms. The van der Waals surface area contributed by atoms with E-state index in [1.54, 1.807) is 0 Å². The van der Waals surface area contributed by atoms with Crippen molar-refractivity contribution >= 4 is 23.3 Å². The molecule has 0 aliphatic carbocycles. The van der Waals surface area contributed by atoms with E-state index >= 15 is 0 Å². The van der Waals surface area contributed by atoms with E-state index in [1.807, 2.05) is 91.9 Å². The van der Waals surface area contributed by atoms with Crippen LogP contribution in [0.4, 0.5) is 5.82 Å². The van der Waals surface area contributed by atoms with Gasteiger partial charge in [0.1, 0.15) is 17.7 Å². The Bertz CT molecular complexity index is 1490. The molecule has 0 saturated carbocycles. The first-order valence-electron chi connectivity index (χ1n) is 14.2. The van der Waals surface area contributed by atoms with Gasteiger partial charge in [-0.25, -0.2) is 9.97 Å². The van der Waals surface area contributed by atoms with Crippen molar-refractivity contribution < 1.29 is 4.79 Å². The van der Waals surface area contributed by atoms with E-state index in [-0.39, 0.29) is 11.8 Å². The highest BCUT2D eigenvalue weighted by Crippen LogP contribution is 2.32. The summed E-state index contributed by atoms with van der Waals surface area (Å²) in [7, 11) is 0. The molecule has 0 bridgehead atoms. The molecule has 210 valence electrons. The number of hydrogen-bond acceptors (Lipinski definition) is 4. The molecule has 5 nitrogen and oxygen atoms in total. The van der Waals surface area contributed by atoms with E-state index in [2.05, 4.69) is 42.8 Å². The van der Waals surface area contributed by atoms with E-state index in [4.69, 9.17) is 21.6 Å². The minimum Gasteiger partial charge on any atom is -0.350 e. The summed E-state index contributed by atoms with van der Waals surface area (Å²) >= 11 is 6.07. The standard InChI is InChI=1S/C35H37ClN4O/c1-5-6-23-40(32(29-15-11-8-12-16-29)35(41)37-24-28-17-20-30(36)21-18-28)34-31(22-19-27-13-9-7-10-14-27)26(4)38-33(39-34)25(2)3/h7-18,20-21,25,32H,5-6,23-24H2,1-4H3,(H,37,41). The number of nitrogens with zero attached hydrogens (tertiary/aromatic N) is 3. The van der Waals surface area contributed by atoms with Crippen LogP contribution in [0.25, 0.3) is 0 Å². The Labute approximate surface area is 249 Å². The lowest BCUT2D eigenvalue weighted by Crippen LogP contribution is -2.42. The van der Waals surface area contributed by atoms with E-state index < -0.39 is 6.04 Å². The third-order valence-electron chi connectivity index (χ3n) is 6.79. The van der Waals surface area contributed by atoms with Crippen LogP contribution in [-0.2, 0) is 11.3 Å². The van der Waals surface area contributed by atoms with Crippen LogP contribution in [0.1, 0.15) is 79.3 Å². The number of amides is 1. The highest BCUT2D eigenvalue weighted by molar-refractivity contribution is 6.30. The zero-order chi connectivity index (χ0) is 29.2. The second-order valence-corrected chi connectivity index (χ2v) is 10.8. The molecule has 1 amide bonds. The number of benzene rings is 3. The van der Waals surface area contributed by atoms with E-state index in [1.165, 1.54) is 0 Å². The van der Waals surface area contributed by atoms with Gasteiger partial charge in [-0.2, -0.15) is 0 Å². The monoisotopic (exact) mass is 564 g/mol. The van der Waals surface area contributed by atoms with Crippen molar-refractivity contribution in [2.75, 3.05) is 11.4 Å². The van der Waals surface area contributed by atoms with Gasteiger partial charge < -0.3 is 10.2 Å². The highest BCUT2D eigenvalue weighted by atomic mass is 35.5. The third-order valence-corrected chi connectivity index (χ3v) is 7.04. The zero-order valence-corrected chi connectivity index (χ0v) is 24.9. The fourth-order valence-electron chi connectivity index (χ4n) is 4.53. The molecule has 0 spiro atoms. The van der Waals surface area contributed by atoms with E-state index in [9.17, 15) is 4.79 Å². The number of unbranched alkanes of at least 4 members (excludes halogenated alkanes) is 1. The number of halogens is 1. The fraction of sp³-hybridized carbons (Fsp3) is 0.286. The van der Waals surface area contributed by atoms with E-state index in [0.29, 0.717) is 23.9 Å². The van der Waals surface area contributed by atoms with E-state index in [0.717, 1.165) is 46.6 Å². The van der Waals surface area contributed by atoms with Crippen molar-refractivity contribution in [1.82, 2.24) is 15.3 Å². The van der Waals surface area contributed by atoms with Gasteiger partial charge >= 0.3 is 0 Å². The van der Waals surface area contributed by atoms with Crippen molar-refractivity contribution in [1.29, 1.82) is 0 Å². The van der Waals surface area contributed by atoms with Crippen molar-refractivity contribution in [3.63, 3.8) is 0 Å². The van der Waals surface area contributed by atoms with Crippen LogP contribution in [0.5, 0.6) is 0 Å². The van der Waals surface area contributed by atoms with Gasteiger partial charge in [-0.3, -0.25) is 4.79 Å². The predicted molar refractivity (Wildman–Crippen MR) is 168 cm³/mol. The summed E-state index contributed by atoms with van der Waals surface area (Å²) < 4.78 is 0. The minimum atomic E-state index is -0.610. The second kappa shape index (κ2) is 14.5. The molecule has 3 aromatic carbocycles. The molecule has 4 rings (SSSR count). The third kappa shape index (κ3) is 7.96. The lowest BCUT2D eigenvalue weighted by atomic mass is 10.0. The number of aryl methyl sites for hydroxylation is 1. The molecule has 0 saturated heterocycles. The number of anilines is 1. The van der Waals surface area contributed by atoms with Crippen LogP contribution in [0.15, 0.2) is 84.9 Å². The van der Waals surface area contributed by atoms with Gasteiger partial charge in [0.25, 0.3) is 0 Å². The van der Waals surface area contributed by atoms with Crippen LogP contribution >= 0.6 is 11.6 Å². The number of nitrogens with one attached hydrogen (secondary N) is 1. The quantitative estimate of drug-likeness (QED) is 0.201. The lowest BCUT2D eigenvalue weighted by Gasteiger charge is -2.33. The second-order valence-electron chi connectivity index (χ2n) is 10.3. The number of carbonyl (C=O) groups excluding carboxylic acids is 1. The van der Waals surface area contributed by atoms with Crippen LogP contribution in [0, 0.1) is 18.8 Å². The van der Waals surface area contributed by atoms with Crippen LogP contribution < -0.4 is 10.2 Å². The van der Waals surface area contributed by atoms with Gasteiger partial charge in [0.05, 0.1) is 11.3 Å². The van der Waals surface area contributed by atoms with Crippen LogP contribution in [0.3, 0.4) is 0 Å². The van der Waals surface area contributed by atoms with Gasteiger partial charge in [-0.1, -0.05) is 111 Å². The normalized spacial score (nSPS) is 11.5. The number of aromatic nitrogens is 2. The zero-order valence-electron chi connectivity index (χ0n) is 24.2. The lowest BCUT2D eigenvalue weighted by molar-refractivity contribution is -0.122. The molecule has 0 fully saturated rings. The maximum absolute atomic E-state index is 14.1. The van der Waals surface area contributed by atoms with Gasteiger partial charge in [0.2, 0.25) is 5.91 Å². The molecule has 4 aromatic rings. The van der Waals surface area contributed by atoms with Gasteiger partial charge in [-0.15, -0.1) is 0 Å². The number of hydrogen-bond donors (Lipinski definition) is 1. The summed E-state index contributed by atoms with van der Waals surface area (Å²) in [5.74, 6) is 8.09. The summed E-state index contributed by atoms with van der Waals surface area (Å²) in [6.07, 6.45) is 1.86. The Balaban J connectivity index is 1.83. The molecule has 1 unspecified atom stereocenters. The van der Waals surface area contributed by atoms with Crippen molar-refractivity contribution in [3.8, 4) is 11.8 Å². The summed E-state index contributed by atoms with van der Waals surface area (Å²) in [6.45, 7) is 9.31. The molecule has 1 atom stereocenters. The van der Waals surface area contributed by atoms with Crippen molar-refractivity contribution in [2.24, 2.45) is 0 Å². The summed E-state index contributed by atoms with van der Waals surface area (Å²) in [6, 6.07) is 26.7. The maximum atomic E-state index is 14.1. The molecule has 0 aliphatic heterocycles. The van der Waals surface area contributed by atoms with Crippen molar-refractivity contribution in [3.05, 3.63) is 124 Å². The molecular formula is C35H37ClN4O.